The molecule has 1 heterocycles. The van der Waals surface area contributed by atoms with Gasteiger partial charge in [-0.05, 0) is 48.2 Å². The van der Waals surface area contributed by atoms with Crippen LogP contribution in [0.1, 0.15) is 12.0 Å². The van der Waals surface area contributed by atoms with E-state index in [1.807, 2.05) is 18.2 Å². The maximum Gasteiger partial charge on any atom is 0.142 e. The lowest BCUT2D eigenvalue weighted by Gasteiger charge is -2.26. The smallest absolute Gasteiger partial charge is 0.142 e. The van der Waals surface area contributed by atoms with Crippen LogP contribution >= 0.6 is 11.6 Å². The quantitative estimate of drug-likeness (QED) is 0.803. The second-order valence-electron chi connectivity index (χ2n) is 5.88. The third-order valence-corrected chi connectivity index (χ3v) is 4.56. The topological polar surface area (TPSA) is 12.5 Å². The summed E-state index contributed by atoms with van der Waals surface area (Å²) in [5.41, 5.74) is 3.18. The fourth-order valence-corrected chi connectivity index (χ4v) is 2.99. The monoisotopic (exact) mass is 333 g/mol. The molecule has 4 heteroatoms. The first kappa shape index (κ1) is 16.4. The molecule has 1 saturated heterocycles. The molecule has 2 nitrogen and oxygen atoms in total. The molecule has 1 aliphatic heterocycles. The minimum atomic E-state index is -0.376. The summed E-state index contributed by atoms with van der Waals surface area (Å²) in [4.78, 5) is 2.45. The summed E-state index contributed by atoms with van der Waals surface area (Å²) in [7, 11) is 0. The van der Waals surface area contributed by atoms with Crippen LogP contribution in [0, 0.1) is 5.82 Å². The summed E-state index contributed by atoms with van der Waals surface area (Å²) in [6, 6.07) is 13.3. The molecule has 0 aliphatic carbocycles. The molecule has 1 fully saturated rings. The van der Waals surface area contributed by atoms with Crippen molar-refractivity contribution in [3.63, 3.8) is 0 Å². The van der Waals surface area contributed by atoms with Gasteiger partial charge in [0.05, 0.1) is 18.2 Å². The second-order valence-corrected chi connectivity index (χ2v) is 6.29. The third-order valence-electron chi connectivity index (χ3n) is 4.25. The minimum absolute atomic E-state index is 0.161. The Labute approximate surface area is 141 Å². The molecule has 0 bridgehead atoms. The van der Waals surface area contributed by atoms with Crippen molar-refractivity contribution >= 4 is 11.6 Å². The first-order chi connectivity index (χ1) is 11.2. The van der Waals surface area contributed by atoms with E-state index >= 15 is 0 Å². The Hall–Kier alpha value is -1.42. The highest BCUT2D eigenvalue weighted by molar-refractivity contribution is 6.30. The van der Waals surface area contributed by atoms with Gasteiger partial charge >= 0.3 is 0 Å². The Morgan fingerprint density at radius 2 is 1.70 bits per heavy atom. The van der Waals surface area contributed by atoms with E-state index in [0.717, 1.165) is 56.8 Å². The van der Waals surface area contributed by atoms with Gasteiger partial charge in [-0.2, -0.15) is 0 Å². The molecule has 2 aromatic carbocycles. The Bertz CT molecular complexity index is 638. The Kier molecular flexibility index (Phi) is 5.65. The number of aryl methyl sites for hydroxylation is 1. The van der Waals surface area contributed by atoms with Crippen LogP contribution in [0.2, 0.25) is 5.02 Å². The summed E-state index contributed by atoms with van der Waals surface area (Å²) in [5.74, 6) is -0.376. The maximum atomic E-state index is 13.5. The Morgan fingerprint density at radius 3 is 2.39 bits per heavy atom. The number of benzene rings is 2. The van der Waals surface area contributed by atoms with Crippen molar-refractivity contribution in [2.24, 2.45) is 0 Å². The van der Waals surface area contributed by atoms with Crippen LogP contribution in [0.5, 0.6) is 0 Å². The lowest BCUT2D eigenvalue weighted by molar-refractivity contribution is 0.0375. The number of halogens is 2. The summed E-state index contributed by atoms with van der Waals surface area (Å²) >= 11 is 5.73. The van der Waals surface area contributed by atoms with Crippen LogP contribution in [0.25, 0.3) is 11.1 Å². The molecule has 3 rings (SSSR count). The van der Waals surface area contributed by atoms with E-state index in [4.69, 9.17) is 16.3 Å². The number of ether oxygens (including phenoxy) is 1. The molecule has 0 unspecified atom stereocenters. The largest absolute Gasteiger partial charge is 0.379 e. The highest BCUT2D eigenvalue weighted by Gasteiger charge is 2.09. The van der Waals surface area contributed by atoms with Crippen LogP contribution in [-0.4, -0.2) is 37.7 Å². The van der Waals surface area contributed by atoms with Crippen LogP contribution in [0.3, 0.4) is 0 Å². The van der Waals surface area contributed by atoms with E-state index in [-0.39, 0.29) is 10.8 Å². The lowest BCUT2D eigenvalue weighted by Crippen LogP contribution is -2.36. The molecule has 23 heavy (non-hydrogen) atoms. The molecule has 0 atom stereocenters. The number of morpholine rings is 1. The zero-order chi connectivity index (χ0) is 16.1. The van der Waals surface area contributed by atoms with Crippen molar-refractivity contribution in [2.75, 3.05) is 32.8 Å². The van der Waals surface area contributed by atoms with Gasteiger partial charge in [0.25, 0.3) is 0 Å². The van der Waals surface area contributed by atoms with Crippen molar-refractivity contribution in [1.29, 1.82) is 0 Å². The highest BCUT2D eigenvalue weighted by atomic mass is 35.5. The Morgan fingerprint density at radius 1 is 1.00 bits per heavy atom. The predicted molar refractivity (Wildman–Crippen MR) is 92.4 cm³/mol. The maximum absolute atomic E-state index is 13.5. The van der Waals surface area contributed by atoms with Gasteiger partial charge in [0.1, 0.15) is 5.82 Å². The van der Waals surface area contributed by atoms with Gasteiger partial charge in [-0.1, -0.05) is 41.9 Å². The van der Waals surface area contributed by atoms with Gasteiger partial charge in [0, 0.05) is 13.1 Å². The van der Waals surface area contributed by atoms with E-state index in [0.29, 0.717) is 0 Å². The molecule has 1 aliphatic rings. The zero-order valence-electron chi connectivity index (χ0n) is 13.1. The fraction of sp³-hybridized carbons (Fsp3) is 0.368. The SMILES string of the molecule is Fc1cc(-c2ccc(CCCN3CCOCC3)cc2)ccc1Cl. The predicted octanol–water partition coefficient (Wildman–Crippen LogP) is 4.41. The van der Waals surface area contributed by atoms with Crippen molar-refractivity contribution in [1.82, 2.24) is 4.90 Å². The number of hydrogen-bond donors (Lipinski definition) is 0. The standard InChI is InChI=1S/C19H21ClFNO/c20-18-8-7-17(14-19(18)21)16-5-3-15(4-6-16)2-1-9-22-10-12-23-13-11-22/h3-8,14H,1-2,9-13H2. The molecule has 0 N–H and O–H groups in total. The zero-order valence-corrected chi connectivity index (χ0v) is 13.9. The Balaban J connectivity index is 1.55. The first-order valence-electron chi connectivity index (χ1n) is 8.07. The van der Waals surface area contributed by atoms with Gasteiger partial charge in [-0.3, -0.25) is 4.90 Å². The molecular formula is C19H21ClFNO. The van der Waals surface area contributed by atoms with Crippen molar-refractivity contribution in [3.05, 3.63) is 58.9 Å². The highest BCUT2D eigenvalue weighted by Crippen LogP contribution is 2.24. The molecule has 0 amide bonds. The lowest BCUT2D eigenvalue weighted by atomic mass is 10.0. The molecule has 0 spiro atoms. The summed E-state index contributed by atoms with van der Waals surface area (Å²) in [5, 5.41) is 0.161. The number of hydrogen-bond acceptors (Lipinski definition) is 2. The van der Waals surface area contributed by atoms with Gasteiger partial charge in [0.2, 0.25) is 0 Å². The van der Waals surface area contributed by atoms with Crippen molar-refractivity contribution in [2.45, 2.75) is 12.8 Å². The molecular weight excluding hydrogens is 313 g/mol. The number of nitrogens with zero attached hydrogens (tertiary/aromatic N) is 1. The summed E-state index contributed by atoms with van der Waals surface area (Å²) in [6.07, 6.45) is 2.21. The first-order valence-corrected chi connectivity index (χ1v) is 8.44. The van der Waals surface area contributed by atoms with Crippen LogP contribution in [0.4, 0.5) is 4.39 Å². The van der Waals surface area contributed by atoms with Crippen LogP contribution < -0.4 is 0 Å². The van der Waals surface area contributed by atoms with Gasteiger partial charge in [-0.15, -0.1) is 0 Å². The average Bonchev–Trinajstić information content (AvgIpc) is 2.59. The molecule has 0 radical (unpaired) electrons. The summed E-state index contributed by atoms with van der Waals surface area (Å²) in [6.45, 7) is 4.91. The van der Waals surface area contributed by atoms with E-state index in [2.05, 4.69) is 17.0 Å². The minimum Gasteiger partial charge on any atom is -0.379 e. The van der Waals surface area contributed by atoms with Gasteiger partial charge in [-0.25, -0.2) is 4.39 Å². The fourth-order valence-electron chi connectivity index (χ4n) is 2.87. The van der Waals surface area contributed by atoms with E-state index in [9.17, 15) is 4.39 Å². The van der Waals surface area contributed by atoms with Crippen LogP contribution in [-0.2, 0) is 11.2 Å². The average molecular weight is 334 g/mol. The van der Waals surface area contributed by atoms with E-state index in [1.165, 1.54) is 11.6 Å². The van der Waals surface area contributed by atoms with E-state index in [1.54, 1.807) is 6.07 Å². The molecule has 2 aromatic rings. The normalized spacial score (nSPS) is 15.7. The van der Waals surface area contributed by atoms with Crippen molar-refractivity contribution < 1.29 is 9.13 Å². The molecule has 0 aromatic heterocycles. The molecule has 0 saturated carbocycles. The molecule has 122 valence electrons. The van der Waals surface area contributed by atoms with Gasteiger partial charge < -0.3 is 4.74 Å². The van der Waals surface area contributed by atoms with Crippen LogP contribution in [0.15, 0.2) is 42.5 Å². The third kappa shape index (κ3) is 4.54. The van der Waals surface area contributed by atoms with E-state index < -0.39 is 0 Å². The van der Waals surface area contributed by atoms with Crippen molar-refractivity contribution in [3.8, 4) is 11.1 Å². The summed E-state index contributed by atoms with van der Waals surface area (Å²) < 4.78 is 18.9. The second kappa shape index (κ2) is 7.91. The van der Waals surface area contributed by atoms with Gasteiger partial charge in [0.15, 0.2) is 0 Å². The number of rotatable bonds is 5.